The van der Waals surface area contributed by atoms with Crippen LogP contribution >= 0.6 is 11.3 Å². The Bertz CT molecular complexity index is 1090. The Hall–Kier alpha value is -3.00. The minimum atomic E-state index is -0.956. The van der Waals surface area contributed by atoms with Crippen molar-refractivity contribution in [3.8, 4) is 0 Å². The van der Waals surface area contributed by atoms with Gasteiger partial charge in [0.1, 0.15) is 6.54 Å². The second-order valence-electron chi connectivity index (χ2n) is 6.79. The molecule has 3 aromatic rings. The minimum Gasteiger partial charge on any atom is -0.451 e. The molecular formula is C21H23N3O4S. The Morgan fingerprint density at radius 3 is 2.69 bits per heavy atom. The third kappa shape index (κ3) is 4.89. The molecule has 8 heteroatoms. The maximum absolute atomic E-state index is 12.6. The molecule has 1 N–H and O–H groups in total. The van der Waals surface area contributed by atoms with Gasteiger partial charge in [0.15, 0.2) is 6.10 Å². The summed E-state index contributed by atoms with van der Waals surface area (Å²) in [5, 5.41) is 7.37. The Morgan fingerprint density at radius 1 is 1.24 bits per heavy atom. The SMILES string of the molecule is Cc1sc2cnn(CC(=O)O[C@H](C)C(=O)NCCc3ccccc3)c(=O)c2c1C. The Balaban J connectivity index is 1.55. The first-order valence-electron chi connectivity index (χ1n) is 9.33. The maximum Gasteiger partial charge on any atom is 0.328 e. The van der Waals surface area contributed by atoms with E-state index in [4.69, 9.17) is 4.74 Å². The van der Waals surface area contributed by atoms with E-state index in [1.54, 1.807) is 6.20 Å². The van der Waals surface area contributed by atoms with Crippen LogP contribution in [-0.2, 0) is 27.3 Å². The number of nitrogens with zero attached hydrogens (tertiary/aromatic N) is 2. The highest BCUT2D eigenvalue weighted by atomic mass is 32.1. The van der Waals surface area contributed by atoms with E-state index in [0.29, 0.717) is 18.4 Å². The summed E-state index contributed by atoms with van der Waals surface area (Å²) >= 11 is 1.50. The van der Waals surface area contributed by atoms with Gasteiger partial charge in [-0.15, -0.1) is 11.3 Å². The standard InChI is InChI=1S/C21H23N3O4S/c1-13-15(3)29-17-11-23-24(21(27)19(13)17)12-18(25)28-14(2)20(26)22-10-9-16-7-5-4-6-8-16/h4-8,11,14H,9-10,12H2,1-3H3,(H,22,26)/t14-/m1/s1. The molecule has 0 saturated carbocycles. The van der Waals surface area contributed by atoms with Crippen molar-refractivity contribution >= 4 is 33.3 Å². The zero-order valence-corrected chi connectivity index (χ0v) is 17.4. The van der Waals surface area contributed by atoms with Gasteiger partial charge >= 0.3 is 5.97 Å². The topological polar surface area (TPSA) is 90.3 Å². The number of aryl methyl sites for hydroxylation is 2. The minimum absolute atomic E-state index is 0.332. The normalized spacial score (nSPS) is 12.0. The van der Waals surface area contributed by atoms with Gasteiger partial charge in [-0.3, -0.25) is 14.4 Å². The molecule has 7 nitrogen and oxygen atoms in total. The first-order valence-corrected chi connectivity index (χ1v) is 10.2. The molecule has 0 aliphatic rings. The summed E-state index contributed by atoms with van der Waals surface area (Å²) in [4.78, 5) is 38.0. The largest absolute Gasteiger partial charge is 0.451 e. The van der Waals surface area contributed by atoms with Crippen LogP contribution < -0.4 is 10.9 Å². The smallest absolute Gasteiger partial charge is 0.328 e. The molecule has 152 valence electrons. The summed E-state index contributed by atoms with van der Waals surface area (Å²) in [6, 6.07) is 9.77. The first kappa shape index (κ1) is 20.7. The average molecular weight is 413 g/mol. The van der Waals surface area contributed by atoms with Gasteiger partial charge in [-0.1, -0.05) is 30.3 Å². The third-order valence-electron chi connectivity index (χ3n) is 4.69. The van der Waals surface area contributed by atoms with Crippen molar-refractivity contribution in [1.29, 1.82) is 0 Å². The number of carbonyl (C=O) groups excluding carboxylic acids is 2. The lowest BCUT2D eigenvalue weighted by molar-refractivity contribution is -0.155. The summed E-state index contributed by atoms with van der Waals surface area (Å²) in [5.41, 5.74) is 1.67. The van der Waals surface area contributed by atoms with Crippen LogP contribution in [0, 0.1) is 13.8 Å². The third-order valence-corrected chi connectivity index (χ3v) is 5.83. The Morgan fingerprint density at radius 2 is 1.97 bits per heavy atom. The lowest BCUT2D eigenvalue weighted by atomic mass is 10.1. The Labute approximate surface area is 172 Å². The summed E-state index contributed by atoms with van der Waals surface area (Å²) < 4.78 is 7.04. The van der Waals surface area contributed by atoms with Gasteiger partial charge in [-0.2, -0.15) is 5.10 Å². The predicted molar refractivity (Wildman–Crippen MR) is 112 cm³/mol. The molecule has 0 aliphatic heterocycles. The molecule has 0 saturated heterocycles. The zero-order valence-electron chi connectivity index (χ0n) is 16.6. The maximum atomic E-state index is 12.6. The summed E-state index contributed by atoms with van der Waals surface area (Å²) in [6.45, 7) is 5.42. The van der Waals surface area contributed by atoms with E-state index in [-0.39, 0.29) is 18.0 Å². The van der Waals surface area contributed by atoms with Gasteiger partial charge in [0.2, 0.25) is 0 Å². The van der Waals surface area contributed by atoms with Gasteiger partial charge in [0.05, 0.1) is 16.3 Å². The van der Waals surface area contributed by atoms with E-state index < -0.39 is 12.1 Å². The van der Waals surface area contributed by atoms with Gasteiger partial charge in [-0.25, -0.2) is 4.68 Å². The van der Waals surface area contributed by atoms with Crippen molar-refractivity contribution in [2.45, 2.75) is 39.8 Å². The fraction of sp³-hybridized carbons (Fsp3) is 0.333. The number of ether oxygens (including phenoxy) is 1. The molecule has 1 amide bonds. The van der Waals surface area contributed by atoms with E-state index in [1.165, 1.54) is 18.3 Å². The molecule has 0 aliphatic carbocycles. The molecule has 1 atom stereocenters. The van der Waals surface area contributed by atoms with Crippen LogP contribution in [0.5, 0.6) is 0 Å². The lowest BCUT2D eigenvalue weighted by Gasteiger charge is -2.14. The van der Waals surface area contributed by atoms with E-state index in [9.17, 15) is 14.4 Å². The summed E-state index contributed by atoms with van der Waals surface area (Å²) in [6.07, 6.45) is 1.31. The fourth-order valence-electron chi connectivity index (χ4n) is 2.95. The molecule has 0 unspecified atom stereocenters. The second-order valence-corrected chi connectivity index (χ2v) is 8.04. The van der Waals surface area contributed by atoms with Gasteiger partial charge in [0.25, 0.3) is 11.5 Å². The number of rotatable bonds is 7. The van der Waals surface area contributed by atoms with Gasteiger partial charge < -0.3 is 10.1 Å². The van der Waals surface area contributed by atoms with Crippen molar-refractivity contribution in [1.82, 2.24) is 15.1 Å². The number of amides is 1. The van der Waals surface area contributed by atoms with Crippen molar-refractivity contribution < 1.29 is 14.3 Å². The number of nitrogens with one attached hydrogen (secondary N) is 1. The molecule has 2 aromatic heterocycles. The van der Waals surface area contributed by atoms with Crippen molar-refractivity contribution in [3.63, 3.8) is 0 Å². The van der Waals surface area contributed by atoms with Crippen molar-refractivity contribution in [2.24, 2.45) is 0 Å². The molecule has 1 aromatic carbocycles. The molecule has 0 bridgehead atoms. The van der Waals surface area contributed by atoms with Crippen LogP contribution in [0.25, 0.3) is 10.1 Å². The molecule has 0 spiro atoms. The average Bonchev–Trinajstić information content (AvgIpc) is 2.99. The Kier molecular flexibility index (Phi) is 6.43. The highest BCUT2D eigenvalue weighted by Gasteiger charge is 2.19. The number of carbonyl (C=O) groups is 2. The second kappa shape index (κ2) is 9.00. The molecule has 3 rings (SSSR count). The van der Waals surface area contributed by atoms with Crippen LogP contribution in [0.1, 0.15) is 22.9 Å². The van der Waals surface area contributed by atoms with Gasteiger partial charge in [0, 0.05) is 11.4 Å². The van der Waals surface area contributed by atoms with Crippen LogP contribution in [0.2, 0.25) is 0 Å². The highest BCUT2D eigenvalue weighted by molar-refractivity contribution is 7.19. The van der Waals surface area contributed by atoms with E-state index in [0.717, 1.165) is 25.4 Å². The van der Waals surface area contributed by atoms with Crippen LogP contribution in [0.3, 0.4) is 0 Å². The number of hydrogen-bond acceptors (Lipinski definition) is 6. The summed E-state index contributed by atoms with van der Waals surface area (Å²) in [7, 11) is 0. The van der Waals surface area contributed by atoms with Crippen LogP contribution in [-0.4, -0.2) is 34.3 Å². The monoisotopic (exact) mass is 413 g/mol. The number of benzene rings is 1. The van der Waals surface area contributed by atoms with Crippen LogP contribution in [0.15, 0.2) is 41.3 Å². The number of fused-ring (bicyclic) bond motifs is 1. The number of thiophene rings is 1. The molecule has 2 heterocycles. The van der Waals surface area contributed by atoms with Crippen molar-refractivity contribution in [2.75, 3.05) is 6.54 Å². The number of aromatic nitrogens is 2. The molecule has 0 radical (unpaired) electrons. The lowest BCUT2D eigenvalue weighted by Crippen LogP contribution is -2.38. The predicted octanol–water partition coefficient (Wildman–Crippen LogP) is 2.37. The highest BCUT2D eigenvalue weighted by Crippen LogP contribution is 2.26. The molecule has 0 fully saturated rings. The van der Waals surface area contributed by atoms with E-state index >= 15 is 0 Å². The zero-order chi connectivity index (χ0) is 21.0. The van der Waals surface area contributed by atoms with Gasteiger partial charge in [-0.05, 0) is 38.3 Å². The first-order chi connectivity index (χ1) is 13.9. The molecular weight excluding hydrogens is 390 g/mol. The van der Waals surface area contributed by atoms with E-state index in [1.807, 2.05) is 44.2 Å². The van der Waals surface area contributed by atoms with Crippen molar-refractivity contribution in [3.05, 3.63) is 62.9 Å². The quantitative estimate of drug-likeness (QED) is 0.601. The molecule has 29 heavy (non-hydrogen) atoms. The number of esters is 1. The van der Waals surface area contributed by atoms with E-state index in [2.05, 4.69) is 10.4 Å². The fourth-order valence-corrected chi connectivity index (χ4v) is 3.98. The summed E-state index contributed by atoms with van der Waals surface area (Å²) in [5.74, 6) is -1.07. The van der Waals surface area contributed by atoms with Crippen LogP contribution in [0.4, 0.5) is 0 Å². The number of hydrogen-bond donors (Lipinski definition) is 1.